The molecule has 0 aliphatic carbocycles. The number of hydrogen-bond donors (Lipinski definition) is 2. The van der Waals surface area contributed by atoms with E-state index in [-0.39, 0.29) is 11.5 Å². The van der Waals surface area contributed by atoms with E-state index in [0.717, 1.165) is 0 Å². The number of nitriles is 2. The van der Waals surface area contributed by atoms with Crippen molar-refractivity contribution in [1.82, 2.24) is 9.97 Å². The van der Waals surface area contributed by atoms with Crippen LogP contribution in [0, 0.1) is 22.7 Å². The minimum Gasteiger partial charge on any atom is -0.369 e. The number of nitrogens with two attached hydrogens (primary N) is 1. The molecular formula is C11H13N7O. The molecule has 0 aromatic carbocycles. The van der Waals surface area contributed by atoms with Crippen LogP contribution in [0.5, 0.6) is 0 Å². The van der Waals surface area contributed by atoms with Crippen LogP contribution < -0.4 is 21.1 Å². The van der Waals surface area contributed by atoms with E-state index in [4.69, 9.17) is 16.3 Å². The van der Waals surface area contributed by atoms with Gasteiger partial charge in [0.2, 0.25) is 5.95 Å². The molecule has 0 amide bonds. The quantitative estimate of drug-likeness (QED) is 0.764. The molecule has 0 spiro atoms. The van der Waals surface area contributed by atoms with Crippen LogP contribution in [0.1, 0.15) is 12.8 Å². The first-order chi connectivity index (χ1) is 9.17. The predicted octanol–water partition coefficient (Wildman–Crippen LogP) is -0.237. The maximum absolute atomic E-state index is 11.9. The smallest absolute Gasteiger partial charge is 0.278 e. The molecule has 0 unspecified atom stereocenters. The highest BCUT2D eigenvalue weighted by molar-refractivity contribution is 5.72. The third kappa shape index (κ3) is 2.43. The number of anilines is 3. The molecule has 8 heteroatoms. The van der Waals surface area contributed by atoms with E-state index in [1.54, 1.807) is 4.90 Å². The van der Waals surface area contributed by atoms with Crippen molar-refractivity contribution in [2.24, 2.45) is 0 Å². The first-order valence-electron chi connectivity index (χ1n) is 5.81. The van der Waals surface area contributed by atoms with Gasteiger partial charge in [0.1, 0.15) is 5.69 Å². The van der Waals surface area contributed by atoms with Gasteiger partial charge in [0, 0.05) is 13.1 Å². The van der Waals surface area contributed by atoms with Crippen molar-refractivity contribution in [3.63, 3.8) is 0 Å². The fourth-order valence-electron chi connectivity index (χ4n) is 2.05. The second kappa shape index (κ2) is 5.27. The van der Waals surface area contributed by atoms with Crippen molar-refractivity contribution in [2.45, 2.75) is 12.8 Å². The fraction of sp³-hybridized carbons (Fsp3) is 0.455. The van der Waals surface area contributed by atoms with Crippen LogP contribution >= 0.6 is 0 Å². The zero-order chi connectivity index (χ0) is 13.8. The van der Waals surface area contributed by atoms with Crippen LogP contribution in [0.25, 0.3) is 0 Å². The lowest BCUT2D eigenvalue weighted by Crippen LogP contribution is -2.33. The number of H-pyrrole nitrogens is 1. The highest BCUT2D eigenvalue weighted by Crippen LogP contribution is 2.30. The van der Waals surface area contributed by atoms with Gasteiger partial charge in [0.05, 0.1) is 31.6 Å². The zero-order valence-corrected chi connectivity index (χ0v) is 10.3. The van der Waals surface area contributed by atoms with Gasteiger partial charge in [-0.05, 0) is 0 Å². The van der Waals surface area contributed by atoms with E-state index in [2.05, 4.69) is 16.0 Å². The van der Waals surface area contributed by atoms with Crippen LogP contribution in [0.3, 0.4) is 0 Å². The Kier molecular flexibility index (Phi) is 3.53. The van der Waals surface area contributed by atoms with Crippen molar-refractivity contribution in [2.75, 3.05) is 35.3 Å². The Morgan fingerprint density at radius 2 is 1.89 bits per heavy atom. The Hall–Kier alpha value is -2.74. The number of hydrogen-bond acceptors (Lipinski definition) is 7. The van der Waals surface area contributed by atoms with E-state index in [9.17, 15) is 4.79 Å². The summed E-state index contributed by atoms with van der Waals surface area (Å²) in [7, 11) is 0. The largest absolute Gasteiger partial charge is 0.369 e. The van der Waals surface area contributed by atoms with Gasteiger partial charge in [0.15, 0.2) is 5.82 Å². The van der Waals surface area contributed by atoms with Gasteiger partial charge in [-0.2, -0.15) is 15.5 Å². The Bertz CT molecular complexity index is 609. The summed E-state index contributed by atoms with van der Waals surface area (Å²) in [6.45, 7) is 1.36. The van der Waals surface area contributed by atoms with E-state index in [1.807, 2.05) is 11.0 Å². The van der Waals surface area contributed by atoms with Gasteiger partial charge in [-0.1, -0.05) is 0 Å². The molecular weight excluding hydrogens is 246 g/mol. The molecule has 3 N–H and O–H groups in total. The van der Waals surface area contributed by atoms with Crippen molar-refractivity contribution >= 4 is 17.5 Å². The van der Waals surface area contributed by atoms with Gasteiger partial charge in [-0.15, -0.1) is 0 Å². The zero-order valence-electron chi connectivity index (χ0n) is 10.3. The first kappa shape index (κ1) is 12.7. The van der Waals surface area contributed by atoms with Gasteiger partial charge in [-0.25, -0.2) is 0 Å². The highest BCUT2D eigenvalue weighted by atomic mass is 16.1. The second-order valence-corrected chi connectivity index (χ2v) is 4.11. The third-order valence-electron chi connectivity index (χ3n) is 2.84. The molecule has 0 radical (unpaired) electrons. The molecule has 1 aromatic heterocycles. The van der Waals surface area contributed by atoms with E-state index in [1.165, 1.54) is 0 Å². The normalized spacial score (nSPS) is 12.9. The summed E-state index contributed by atoms with van der Waals surface area (Å²) in [6.07, 6.45) is 0.648. The Morgan fingerprint density at radius 1 is 1.26 bits per heavy atom. The standard InChI is InChI=1S/C11H13N7O/c12-3-1-5-17-7-18(6-2-4-13)9-8(17)10(19)16-11(14)15-9/h1-2,5-7H2,(H3,14,15,16,19). The number of aromatic amines is 1. The molecule has 2 rings (SSSR count). The van der Waals surface area contributed by atoms with E-state index in [0.29, 0.717) is 44.1 Å². The summed E-state index contributed by atoms with van der Waals surface area (Å²) in [5.74, 6) is 0.530. The maximum atomic E-state index is 11.9. The van der Waals surface area contributed by atoms with E-state index >= 15 is 0 Å². The van der Waals surface area contributed by atoms with Crippen LogP contribution in [-0.4, -0.2) is 29.7 Å². The number of aromatic nitrogens is 2. The number of nitrogens with zero attached hydrogens (tertiary/aromatic N) is 5. The minimum absolute atomic E-state index is 0.0489. The Balaban J connectivity index is 2.35. The van der Waals surface area contributed by atoms with Gasteiger partial charge in [-0.3, -0.25) is 9.78 Å². The van der Waals surface area contributed by atoms with Gasteiger partial charge < -0.3 is 15.5 Å². The topological polar surface area (TPSA) is 126 Å². The summed E-state index contributed by atoms with van der Waals surface area (Å²) in [4.78, 5) is 22.1. The average Bonchev–Trinajstić information content (AvgIpc) is 2.72. The molecule has 8 nitrogen and oxygen atoms in total. The van der Waals surface area contributed by atoms with Crippen molar-refractivity contribution in [3.05, 3.63) is 10.4 Å². The number of rotatable bonds is 4. The Morgan fingerprint density at radius 3 is 2.53 bits per heavy atom. The molecule has 2 heterocycles. The lowest BCUT2D eigenvalue weighted by Gasteiger charge is -2.18. The molecule has 0 saturated heterocycles. The number of nitrogens with one attached hydrogen (secondary N) is 1. The van der Waals surface area contributed by atoms with Crippen molar-refractivity contribution in [1.29, 1.82) is 10.5 Å². The van der Waals surface area contributed by atoms with Crippen LogP contribution in [0.2, 0.25) is 0 Å². The third-order valence-corrected chi connectivity index (χ3v) is 2.84. The highest BCUT2D eigenvalue weighted by Gasteiger charge is 2.30. The molecule has 0 fully saturated rings. The summed E-state index contributed by atoms with van der Waals surface area (Å²) in [6, 6.07) is 4.10. The van der Waals surface area contributed by atoms with Gasteiger partial charge >= 0.3 is 0 Å². The molecule has 0 saturated carbocycles. The minimum atomic E-state index is -0.320. The average molecular weight is 259 g/mol. The van der Waals surface area contributed by atoms with Crippen LogP contribution in [-0.2, 0) is 0 Å². The van der Waals surface area contributed by atoms with Crippen molar-refractivity contribution in [3.8, 4) is 12.1 Å². The number of nitrogen functional groups attached to an aromatic ring is 1. The molecule has 1 aliphatic rings. The van der Waals surface area contributed by atoms with E-state index < -0.39 is 0 Å². The summed E-state index contributed by atoms with van der Waals surface area (Å²) in [5.41, 5.74) is 5.64. The number of fused-ring (bicyclic) bond motifs is 1. The molecule has 19 heavy (non-hydrogen) atoms. The Labute approximate surface area is 109 Å². The van der Waals surface area contributed by atoms with Crippen molar-refractivity contribution < 1.29 is 0 Å². The second-order valence-electron chi connectivity index (χ2n) is 4.11. The van der Waals surface area contributed by atoms with Gasteiger partial charge in [0.25, 0.3) is 5.56 Å². The molecule has 1 aliphatic heterocycles. The van der Waals surface area contributed by atoms with Crippen LogP contribution in [0.15, 0.2) is 4.79 Å². The molecule has 98 valence electrons. The summed E-state index contributed by atoms with van der Waals surface area (Å²) >= 11 is 0. The predicted molar refractivity (Wildman–Crippen MR) is 69.3 cm³/mol. The SMILES string of the molecule is N#CCCN1CN(CCC#N)c2c1nc(N)[nH]c2=O. The fourth-order valence-corrected chi connectivity index (χ4v) is 2.05. The summed E-state index contributed by atoms with van der Waals surface area (Å²) in [5, 5.41) is 17.3. The summed E-state index contributed by atoms with van der Waals surface area (Å²) < 4.78 is 0. The first-order valence-corrected chi connectivity index (χ1v) is 5.81. The maximum Gasteiger partial charge on any atom is 0.278 e. The lowest BCUT2D eigenvalue weighted by molar-refractivity contribution is 0.760. The lowest BCUT2D eigenvalue weighted by atomic mass is 10.4. The van der Waals surface area contributed by atoms with Crippen LogP contribution in [0.4, 0.5) is 17.5 Å². The molecule has 1 aromatic rings. The monoisotopic (exact) mass is 259 g/mol. The molecule has 0 atom stereocenters. The molecule has 0 bridgehead atoms.